The van der Waals surface area contributed by atoms with Gasteiger partial charge in [-0.3, -0.25) is 0 Å². The van der Waals surface area contributed by atoms with Crippen molar-refractivity contribution in [3.8, 4) is 11.8 Å². The fourth-order valence-corrected chi connectivity index (χ4v) is 3.99. The number of hydrogen-bond donors (Lipinski definition) is 0. The lowest BCUT2D eigenvalue weighted by Gasteiger charge is -2.09. The standard InChI is InChI=1S/C20H22N2OS/c1-14(2)13-23-16-9-7-15(8-10-16)12-22-20-18(11-21)17-5-3-4-6-19(17)24-20/h7-10,12,14H,3-6,13H2,1-2H3. The quantitative estimate of drug-likeness (QED) is 0.696. The highest BCUT2D eigenvalue weighted by atomic mass is 32.1. The van der Waals surface area contributed by atoms with Crippen LogP contribution in [0.15, 0.2) is 29.3 Å². The minimum Gasteiger partial charge on any atom is -0.493 e. The molecule has 3 nitrogen and oxygen atoms in total. The number of nitrogens with zero attached hydrogens (tertiary/aromatic N) is 2. The van der Waals surface area contributed by atoms with Crippen LogP contribution in [0, 0.1) is 17.2 Å². The van der Waals surface area contributed by atoms with Gasteiger partial charge in [0.2, 0.25) is 0 Å². The van der Waals surface area contributed by atoms with Gasteiger partial charge < -0.3 is 4.74 Å². The van der Waals surface area contributed by atoms with E-state index < -0.39 is 0 Å². The molecular formula is C20H22N2OS. The normalized spacial score (nSPS) is 13.9. The molecule has 2 aromatic rings. The first-order valence-corrected chi connectivity index (χ1v) is 9.30. The molecule has 0 spiro atoms. The highest BCUT2D eigenvalue weighted by molar-refractivity contribution is 7.16. The predicted molar refractivity (Wildman–Crippen MR) is 99.7 cm³/mol. The third-order valence-corrected chi connectivity index (χ3v) is 5.26. The Labute approximate surface area is 147 Å². The molecule has 0 fully saturated rings. The molecular weight excluding hydrogens is 316 g/mol. The predicted octanol–water partition coefficient (Wildman–Crippen LogP) is 5.28. The number of benzene rings is 1. The van der Waals surface area contributed by atoms with Crippen LogP contribution in [-0.4, -0.2) is 12.8 Å². The van der Waals surface area contributed by atoms with Crippen LogP contribution in [0.2, 0.25) is 0 Å². The molecule has 4 heteroatoms. The third-order valence-electron chi connectivity index (χ3n) is 4.06. The topological polar surface area (TPSA) is 45.4 Å². The molecule has 124 valence electrons. The van der Waals surface area contributed by atoms with Crippen molar-refractivity contribution in [3.05, 3.63) is 45.8 Å². The van der Waals surface area contributed by atoms with Crippen LogP contribution in [0.25, 0.3) is 0 Å². The van der Waals surface area contributed by atoms with Gasteiger partial charge in [-0.05, 0) is 67.0 Å². The van der Waals surface area contributed by atoms with Crippen LogP contribution in [0.3, 0.4) is 0 Å². The molecule has 1 aromatic heterocycles. The smallest absolute Gasteiger partial charge is 0.134 e. The Morgan fingerprint density at radius 3 is 2.71 bits per heavy atom. The van der Waals surface area contributed by atoms with Gasteiger partial charge in [0.15, 0.2) is 0 Å². The fourth-order valence-electron chi connectivity index (χ4n) is 2.80. The van der Waals surface area contributed by atoms with Crippen LogP contribution >= 0.6 is 11.3 Å². The zero-order valence-corrected chi connectivity index (χ0v) is 15.0. The lowest BCUT2D eigenvalue weighted by molar-refractivity contribution is 0.271. The fraction of sp³-hybridized carbons (Fsp3) is 0.400. The van der Waals surface area contributed by atoms with Crippen molar-refractivity contribution in [3.63, 3.8) is 0 Å². The SMILES string of the molecule is CC(C)COc1ccc(C=Nc2sc3c(c2C#N)CCCC3)cc1. The number of aliphatic imine (C=N–C) groups is 1. The van der Waals surface area contributed by atoms with Gasteiger partial charge in [0.25, 0.3) is 0 Å². The Morgan fingerprint density at radius 2 is 2.00 bits per heavy atom. The van der Waals surface area contributed by atoms with E-state index in [1.54, 1.807) is 11.3 Å². The van der Waals surface area contributed by atoms with E-state index in [9.17, 15) is 5.26 Å². The Balaban J connectivity index is 1.74. The minimum absolute atomic E-state index is 0.514. The van der Waals surface area contributed by atoms with Gasteiger partial charge in [0.1, 0.15) is 16.8 Å². The molecule has 0 amide bonds. The molecule has 0 saturated heterocycles. The molecule has 0 atom stereocenters. The number of thiophene rings is 1. The number of aryl methyl sites for hydroxylation is 1. The second-order valence-corrected chi connectivity index (χ2v) is 7.62. The summed E-state index contributed by atoms with van der Waals surface area (Å²) in [6.45, 7) is 4.99. The summed E-state index contributed by atoms with van der Waals surface area (Å²) in [6.07, 6.45) is 6.35. The van der Waals surface area contributed by atoms with E-state index in [2.05, 4.69) is 24.9 Å². The summed E-state index contributed by atoms with van der Waals surface area (Å²) in [7, 11) is 0. The van der Waals surface area contributed by atoms with Crippen molar-refractivity contribution in [2.45, 2.75) is 39.5 Å². The summed E-state index contributed by atoms with van der Waals surface area (Å²) in [6, 6.07) is 10.3. The molecule has 0 radical (unpaired) electrons. The highest BCUT2D eigenvalue weighted by Crippen LogP contribution is 2.39. The van der Waals surface area contributed by atoms with E-state index in [4.69, 9.17) is 4.74 Å². The first kappa shape index (κ1) is 16.7. The number of ether oxygens (including phenoxy) is 1. The van der Waals surface area contributed by atoms with Crippen LogP contribution < -0.4 is 4.74 Å². The average Bonchev–Trinajstić information content (AvgIpc) is 2.96. The van der Waals surface area contributed by atoms with Gasteiger partial charge >= 0.3 is 0 Å². The summed E-state index contributed by atoms with van der Waals surface area (Å²) < 4.78 is 5.69. The van der Waals surface area contributed by atoms with Crippen molar-refractivity contribution >= 4 is 22.6 Å². The zero-order valence-electron chi connectivity index (χ0n) is 14.2. The summed E-state index contributed by atoms with van der Waals surface area (Å²) in [5.41, 5.74) is 3.03. The lowest BCUT2D eigenvalue weighted by Crippen LogP contribution is -2.04. The molecule has 3 rings (SSSR count). The number of hydrogen-bond acceptors (Lipinski definition) is 4. The first-order chi connectivity index (χ1) is 11.7. The van der Waals surface area contributed by atoms with Gasteiger partial charge in [-0.2, -0.15) is 5.26 Å². The van der Waals surface area contributed by atoms with E-state index in [0.717, 1.165) is 41.3 Å². The third kappa shape index (κ3) is 3.85. The Bertz CT molecular complexity index is 766. The van der Waals surface area contributed by atoms with E-state index in [0.29, 0.717) is 5.92 Å². The highest BCUT2D eigenvalue weighted by Gasteiger charge is 2.20. The van der Waals surface area contributed by atoms with E-state index in [-0.39, 0.29) is 0 Å². The molecule has 0 aliphatic heterocycles. The van der Waals surface area contributed by atoms with Gasteiger partial charge in [-0.1, -0.05) is 13.8 Å². The molecule has 1 aliphatic rings. The minimum atomic E-state index is 0.514. The van der Waals surface area contributed by atoms with E-state index in [1.807, 2.05) is 30.5 Å². The van der Waals surface area contributed by atoms with Crippen LogP contribution in [0.5, 0.6) is 5.75 Å². The number of nitriles is 1. The molecule has 24 heavy (non-hydrogen) atoms. The summed E-state index contributed by atoms with van der Waals surface area (Å²) in [5, 5.41) is 10.3. The molecule has 0 bridgehead atoms. The molecule has 0 saturated carbocycles. The Morgan fingerprint density at radius 1 is 1.25 bits per heavy atom. The molecule has 0 unspecified atom stereocenters. The molecule has 0 N–H and O–H groups in total. The zero-order chi connectivity index (χ0) is 16.9. The van der Waals surface area contributed by atoms with Crippen molar-refractivity contribution < 1.29 is 4.74 Å². The Kier molecular flexibility index (Phi) is 5.32. The van der Waals surface area contributed by atoms with Crippen LogP contribution in [-0.2, 0) is 12.8 Å². The van der Waals surface area contributed by atoms with E-state index >= 15 is 0 Å². The average molecular weight is 338 g/mol. The summed E-state index contributed by atoms with van der Waals surface area (Å²) in [4.78, 5) is 5.94. The maximum Gasteiger partial charge on any atom is 0.134 e. The lowest BCUT2D eigenvalue weighted by atomic mass is 9.96. The Hall–Kier alpha value is -2.12. The van der Waals surface area contributed by atoms with Crippen molar-refractivity contribution in [2.24, 2.45) is 10.9 Å². The number of rotatable bonds is 5. The van der Waals surface area contributed by atoms with Crippen molar-refractivity contribution in [1.29, 1.82) is 5.26 Å². The van der Waals surface area contributed by atoms with Crippen LogP contribution in [0.4, 0.5) is 5.00 Å². The molecule has 1 aliphatic carbocycles. The van der Waals surface area contributed by atoms with Gasteiger partial charge in [0.05, 0.1) is 12.2 Å². The second-order valence-electron chi connectivity index (χ2n) is 6.53. The van der Waals surface area contributed by atoms with Gasteiger partial charge in [0, 0.05) is 11.1 Å². The molecule has 1 aromatic carbocycles. The van der Waals surface area contributed by atoms with E-state index in [1.165, 1.54) is 23.3 Å². The first-order valence-electron chi connectivity index (χ1n) is 8.49. The summed E-state index contributed by atoms with van der Waals surface area (Å²) in [5.74, 6) is 1.39. The second kappa shape index (κ2) is 7.63. The monoisotopic (exact) mass is 338 g/mol. The van der Waals surface area contributed by atoms with Crippen molar-refractivity contribution in [1.82, 2.24) is 0 Å². The number of fused-ring (bicyclic) bond motifs is 1. The van der Waals surface area contributed by atoms with Gasteiger partial charge in [-0.15, -0.1) is 11.3 Å². The van der Waals surface area contributed by atoms with Crippen LogP contribution in [0.1, 0.15) is 48.3 Å². The maximum absolute atomic E-state index is 9.47. The summed E-state index contributed by atoms with van der Waals surface area (Å²) >= 11 is 1.68. The largest absolute Gasteiger partial charge is 0.493 e. The van der Waals surface area contributed by atoms with Crippen molar-refractivity contribution in [2.75, 3.05) is 6.61 Å². The maximum atomic E-state index is 9.47. The van der Waals surface area contributed by atoms with Gasteiger partial charge in [-0.25, -0.2) is 4.99 Å². The molecule has 1 heterocycles.